The van der Waals surface area contributed by atoms with Gasteiger partial charge in [0.15, 0.2) is 0 Å². The van der Waals surface area contributed by atoms with Crippen molar-refractivity contribution < 1.29 is 0 Å². The molecular weight excluding hydrogens is 196 g/mol. The monoisotopic (exact) mass is 212 g/mol. The topological polar surface area (TPSA) is 0 Å². The fourth-order valence-electron chi connectivity index (χ4n) is 0.553. The minimum absolute atomic E-state index is 0.484. The molecule has 0 heterocycles. The second kappa shape index (κ2) is 8.36. The summed E-state index contributed by atoms with van der Waals surface area (Å²) in [5.74, 6) is 3.91. The van der Waals surface area contributed by atoms with E-state index >= 15 is 0 Å². The van der Waals surface area contributed by atoms with Crippen LogP contribution >= 0.6 is 33.6 Å². The molecule has 0 nitrogen and oxygen atoms in total. The van der Waals surface area contributed by atoms with Gasteiger partial charge in [-0.2, -0.15) is 33.6 Å². The molecule has 0 aromatic carbocycles. The first-order valence-corrected chi connectivity index (χ1v) is 11.1. The highest BCUT2D eigenvalue weighted by Gasteiger charge is 2.08. The predicted octanol–water partition coefficient (Wildman–Crippen LogP) is 2.96. The molecule has 0 radical (unpaired) electrons. The van der Waals surface area contributed by atoms with Crippen LogP contribution in [0.15, 0.2) is 0 Å². The van der Waals surface area contributed by atoms with Gasteiger partial charge in [-0.25, -0.2) is 0 Å². The average molecular weight is 212 g/mol. The number of hydrogen-bond donors (Lipinski definition) is 0. The van der Waals surface area contributed by atoms with Crippen LogP contribution in [0.5, 0.6) is 0 Å². The van der Waals surface area contributed by atoms with E-state index in [-0.39, 0.29) is 0 Å². The van der Waals surface area contributed by atoms with Gasteiger partial charge in [0.05, 0.1) is 0 Å². The number of rotatable bonds is 6. The van der Waals surface area contributed by atoms with Crippen LogP contribution in [0.25, 0.3) is 0 Å². The summed E-state index contributed by atoms with van der Waals surface area (Å²) in [6.45, 7) is 6.78. The Bertz CT molecular complexity index is 55.7. The molecule has 0 aromatic rings. The Hall–Kier alpha value is 1.27. The first kappa shape index (κ1) is 11.3. The smallest absolute Gasteiger partial charge is 0.165 e. The summed E-state index contributed by atoms with van der Waals surface area (Å²) in [4.78, 5) is 0. The molecule has 0 aromatic heterocycles. The van der Waals surface area contributed by atoms with Crippen LogP contribution in [0.3, 0.4) is 0 Å². The molecule has 0 bridgehead atoms. The lowest BCUT2D eigenvalue weighted by atomic mass is 11.0. The summed E-state index contributed by atoms with van der Waals surface area (Å²) < 4.78 is 0. The Kier molecular flexibility index (Phi) is 9.42. The van der Waals surface area contributed by atoms with Crippen LogP contribution in [-0.4, -0.2) is 23.5 Å². The molecule has 4 heteroatoms. The van der Waals surface area contributed by atoms with Crippen molar-refractivity contribution in [3.63, 3.8) is 0 Å². The SMILES string of the molecule is CCS[SiH](SCC)SCC. The number of hydrogen-bond acceptors (Lipinski definition) is 3. The molecule has 0 rings (SSSR count). The fourth-order valence-corrected chi connectivity index (χ4v) is 14.9. The Balaban J connectivity index is 3.30. The Morgan fingerprint density at radius 3 is 1.30 bits per heavy atom. The van der Waals surface area contributed by atoms with Gasteiger partial charge < -0.3 is 0 Å². The Morgan fingerprint density at radius 2 is 1.10 bits per heavy atom. The highest BCUT2D eigenvalue weighted by molar-refractivity contribution is 8.76. The van der Waals surface area contributed by atoms with Gasteiger partial charge in [0.25, 0.3) is 0 Å². The summed E-state index contributed by atoms with van der Waals surface area (Å²) in [7, 11) is 0. The zero-order valence-corrected chi connectivity index (χ0v) is 10.5. The summed E-state index contributed by atoms with van der Waals surface area (Å²) in [5.41, 5.74) is 0. The maximum atomic E-state index is 2.26. The third-order valence-electron chi connectivity index (χ3n) is 0.908. The van der Waals surface area contributed by atoms with Gasteiger partial charge in [0.1, 0.15) is 0 Å². The van der Waals surface area contributed by atoms with Crippen LogP contribution in [0.4, 0.5) is 0 Å². The molecule has 10 heavy (non-hydrogen) atoms. The predicted molar refractivity (Wildman–Crippen MR) is 61.5 cm³/mol. The molecule has 0 saturated carbocycles. The van der Waals surface area contributed by atoms with Crippen molar-refractivity contribution in [2.75, 3.05) is 17.3 Å². The fraction of sp³-hybridized carbons (Fsp3) is 1.00. The molecule has 0 aliphatic carbocycles. The highest BCUT2D eigenvalue weighted by Crippen LogP contribution is 2.28. The van der Waals surface area contributed by atoms with Gasteiger partial charge in [-0.1, -0.05) is 20.8 Å². The Morgan fingerprint density at radius 1 is 0.800 bits per heavy atom. The van der Waals surface area contributed by atoms with E-state index in [1.54, 1.807) is 0 Å². The van der Waals surface area contributed by atoms with Crippen molar-refractivity contribution >= 4 is 39.9 Å². The van der Waals surface area contributed by atoms with Crippen LogP contribution < -0.4 is 0 Å². The van der Waals surface area contributed by atoms with E-state index in [9.17, 15) is 0 Å². The van der Waals surface area contributed by atoms with Crippen LogP contribution in [0, 0.1) is 0 Å². The first-order chi connectivity index (χ1) is 4.85. The van der Waals surface area contributed by atoms with E-state index in [1.165, 1.54) is 17.3 Å². The molecule has 0 atom stereocenters. The summed E-state index contributed by atoms with van der Waals surface area (Å²) >= 11 is 6.57. The molecule has 0 unspecified atom stereocenters. The molecule has 0 amide bonds. The summed E-state index contributed by atoms with van der Waals surface area (Å²) in [6, 6.07) is 0. The molecule has 0 aliphatic rings. The van der Waals surface area contributed by atoms with Crippen molar-refractivity contribution in [2.45, 2.75) is 20.8 Å². The second-order valence-electron chi connectivity index (χ2n) is 1.65. The average Bonchev–Trinajstić information content (AvgIpc) is 1.90. The van der Waals surface area contributed by atoms with E-state index in [0.29, 0.717) is 0 Å². The molecule has 0 fully saturated rings. The minimum Gasteiger partial charge on any atom is -0.165 e. The zero-order valence-electron chi connectivity index (χ0n) is 6.92. The van der Waals surface area contributed by atoms with E-state index in [0.717, 1.165) is 0 Å². The van der Waals surface area contributed by atoms with Crippen LogP contribution in [-0.2, 0) is 0 Å². The molecule has 0 aliphatic heterocycles. The maximum Gasteiger partial charge on any atom is 0.221 e. The third-order valence-corrected chi connectivity index (χ3v) is 15.5. The van der Waals surface area contributed by atoms with E-state index < -0.39 is 6.25 Å². The van der Waals surface area contributed by atoms with Gasteiger partial charge in [0.2, 0.25) is 6.25 Å². The van der Waals surface area contributed by atoms with Crippen LogP contribution in [0.1, 0.15) is 20.8 Å². The summed E-state index contributed by atoms with van der Waals surface area (Å²) in [6.07, 6.45) is -0.484. The molecule has 0 saturated heterocycles. The lowest BCUT2D eigenvalue weighted by molar-refractivity contribution is 1.53. The Labute approximate surface area is 77.8 Å². The quantitative estimate of drug-likeness (QED) is 0.621. The van der Waals surface area contributed by atoms with Crippen molar-refractivity contribution in [3.05, 3.63) is 0 Å². The van der Waals surface area contributed by atoms with E-state index in [1.807, 2.05) is 0 Å². The second-order valence-corrected chi connectivity index (χ2v) is 14.9. The normalized spacial score (nSPS) is 10.8. The highest BCUT2D eigenvalue weighted by atomic mass is 32.8. The first-order valence-electron chi connectivity index (χ1n) is 3.69. The largest absolute Gasteiger partial charge is 0.221 e. The van der Waals surface area contributed by atoms with Crippen molar-refractivity contribution in [1.82, 2.24) is 0 Å². The third kappa shape index (κ3) is 6.01. The van der Waals surface area contributed by atoms with Gasteiger partial charge in [-0.05, 0) is 17.3 Å². The standard InChI is InChI=1S/C6H16S3Si/c1-4-7-10(8-5-2)9-6-3/h10H,4-6H2,1-3H3. The minimum atomic E-state index is -0.484. The molecule has 0 N–H and O–H groups in total. The van der Waals surface area contributed by atoms with Gasteiger partial charge >= 0.3 is 0 Å². The lowest BCUT2D eigenvalue weighted by Crippen LogP contribution is -1.98. The van der Waals surface area contributed by atoms with Gasteiger partial charge in [-0.3, -0.25) is 0 Å². The van der Waals surface area contributed by atoms with E-state index in [2.05, 4.69) is 54.4 Å². The van der Waals surface area contributed by atoms with Crippen molar-refractivity contribution in [2.24, 2.45) is 0 Å². The van der Waals surface area contributed by atoms with E-state index in [4.69, 9.17) is 0 Å². The van der Waals surface area contributed by atoms with Gasteiger partial charge in [0, 0.05) is 0 Å². The van der Waals surface area contributed by atoms with Gasteiger partial charge in [-0.15, -0.1) is 0 Å². The summed E-state index contributed by atoms with van der Waals surface area (Å²) in [5, 5.41) is 0. The lowest BCUT2D eigenvalue weighted by Gasteiger charge is -2.09. The zero-order chi connectivity index (χ0) is 7.82. The maximum absolute atomic E-state index is 2.26. The molecule has 62 valence electrons. The van der Waals surface area contributed by atoms with Crippen molar-refractivity contribution in [1.29, 1.82) is 0 Å². The molecular formula is C6H16S3Si. The van der Waals surface area contributed by atoms with Crippen molar-refractivity contribution in [3.8, 4) is 0 Å². The van der Waals surface area contributed by atoms with Crippen LogP contribution in [0.2, 0.25) is 0 Å². The molecule has 0 spiro atoms.